The summed E-state index contributed by atoms with van der Waals surface area (Å²) >= 11 is 1.49. The minimum absolute atomic E-state index is 0.0595. The van der Waals surface area contributed by atoms with Gasteiger partial charge in [0, 0.05) is 16.8 Å². The van der Waals surface area contributed by atoms with Crippen LogP contribution in [0.3, 0.4) is 0 Å². The standard InChI is InChI=1S/C21H20N2O4S/c1-5-27-21(25)17-11(2)23(13-6-8-14(26-4)9-7-13)19-15(17)10-16(24)18-20(19)28-12(3)22-18/h6-10,24H,5H2,1-4H3. The number of phenolic OH excluding ortho intramolecular Hbond substituents is 1. The second-order valence-electron chi connectivity index (χ2n) is 6.42. The van der Waals surface area contributed by atoms with Crippen LogP contribution < -0.4 is 4.74 Å². The number of aromatic hydroxyl groups is 1. The van der Waals surface area contributed by atoms with E-state index in [2.05, 4.69) is 4.98 Å². The monoisotopic (exact) mass is 396 g/mol. The van der Waals surface area contributed by atoms with Crippen molar-refractivity contribution in [3.63, 3.8) is 0 Å². The van der Waals surface area contributed by atoms with Crippen LogP contribution in [0.2, 0.25) is 0 Å². The predicted molar refractivity (Wildman–Crippen MR) is 110 cm³/mol. The van der Waals surface area contributed by atoms with Crippen LogP contribution in [0.5, 0.6) is 11.5 Å². The van der Waals surface area contributed by atoms with Gasteiger partial charge in [0.15, 0.2) is 0 Å². The van der Waals surface area contributed by atoms with Crippen LogP contribution in [-0.4, -0.2) is 34.3 Å². The molecule has 0 aliphatic rings. The molecule has 0 atom stereocenters. The highest BCUT2D eigenvalue weighted by Gasteiger charge is 2.26. The molecule has 0 fully saturated rings. The number of carbonyl (C=O) groups is 1. The molecule has 0 saturated carbocycles. The van der Waals surface area contributed by atoms with Crippen molar-refractivity contribution in [1.29, 1.82) is 0 Å². The van der Waals surface area contributed by atoms with Crippen molar-refractivity contribution in [1.82, 2.24) is 9.55 Å². The summed E-state index contributed by atoms with van der Waals surface area (Å²) < 4.78 is 13.4. The van der Waals surface area contributed by atoms with Gasteiger partial charge in [0.1, 0.15) is 17.0 Å². The lowest BCUT2D eigenvalue weighted by atomic mass is 10.1. The summed E-state index contributed by atoms with van der Waals surface area (Å²) in [4.78, 5) is 17.2. The molecule has 1 N–H and O–H groups in total. The zero-order valence-corrected chi connectivity index (χ0v) is 16.9. The SMILES string of the molecule is CCOC(=O)c1c(C)n(-c2ccc(OC)cc2)c2c1cc(O)c1nc(C)sc12. The number of rotatable bonds is 4. The number of thiazole rings is 1. The smallest absolute Gasteiger partial charge is 0.340 e. The lowest BCUT2D eigenvalue weighted by Crippen LogP contribution is -2.07. The van der Waals surface area contributed by atoms with Crippen LogP contribution >= 0.6 is 11.3 Å². The van der Waals surface area contributed by atoms with Gasteiger partial charge in [-0.15, -0.1) is 11.3 Å². The van der Waals surface area contributed by atoms with Gasteiger partial charge in [-0.05, 0) is 51.1 Å². The minimum atomic E-state index is -0.405. The molecule has 0 saturated heterocycles. The van der Waals surface area contributed by atoms with Gasteiger partial charge in [-0.3, -0.25) is 0 Å². The first kappa shape index (κ1) is 18.3. The Morgan fingerprint density at radius 1 is 1.25 bits per heavy atom. The molecule has 2 aromatic carbocycles. The molecule has 144 valence electrons. The fraction of sp³-hybridized carbons (Fsp3) is 0.238. The number of benzene rings is 2. The first-order valence-corrected chi connectivity index (χ1v) is 9.73. The molecule has 0 aliphatic heterocycles. The Kier molecular flexibility index (Phi) is 4.47. The molecular weight excluding hydrogens is 376 g/mol. The van der Waals surface area contributed by atoms with Crippen molar-refractivity contribution in [2.45, 2.75) is 20.8 Å². The van der Waals surface area contributed by atoms with Gasteiger partial charge < -0.3 is 19.1 Å². The van der Waals surface area contributed by atoms with Crippen molar-refractivity contribution in [3.8, 4) is 17.2 Å². The molecule has 0 radical (unpaired) electrons. The molecule has 2 aromatic heterocycles. The number of esters is 1. The van der Waals surface area contributed by atoms with E-state index < -0.39 is 5.97 Å². The number of methoxy groups -OCH3 is 1. The largest absolute Gasteiger partial charge is 0.506 e. The van der Waals surface area contributed by atoms with Crippen LogP contribution in [0.4, 0.5) is 0 Å². The Bertz CT molecular complexity index is 1210. The Morgan fingerprint density at radius 3 is 2.61 bits per heavy atom. The summed E-state index contributed by atoms with van der Waals surface area (Å²) in [5.74, 6) is 0.404. The highest BCUT2D eigenvalue weighted by molar-refractivity contribution is 7.19. The fourth-order valence-electron chi connectivity index (χ4n) is 3.56. The van der Waals surface area contributed by atoms with Crippen molar-refractivity contribution >= 4 is 38.4 Å². The molecule has 4 aromatic rings. The van der Waals surface area contributed by atoms with E-state index in [-0.39, 0.29) is 12.4 Å². The van der Waals surface area contributed by atoms with Gasteiger partial charge in [0.05, 0.1) is 34.5 Å². The van der Waals surface area contributed by atoms with Gasteiger partial charge >= 0.3 is 5.97 Å². The maximum Gasteiger partial charge on any atom is 0.340 e. The number of hydrogen-bond acceptors (Lipinski definition) is 6. The maximum absolute atomic E-state index is 12.7. The lowest BCUT2D eigenvalue weighted by molar-refractivity contribution is 0.0527. The van der Waals surface area contributed by atoms with E-state index in [9.17, 15) is 9.90 Å². The Balaban J connectivity index is 2.13. The van der Waals surface area contributed by atoms with E-state index in [4.69, 9.17) is 9.47 Å². The summed E-state index contributed by atoms with van der Waals surface area (Å²) in [7, 11) is 1.62. The molecule has 0 amide bonds. The highest BCUT2D eigenvalue weighted by Crippen LogP contribution is 2.41. The molecule has 6 nitrogen and oxygen atoms in total. The topological polar surface area (TPSA) is 73.6 Å². The number of phenols is 1. The predicted octanol–water partition coefficient (Wildman–Crippen LogP) is 4.75. The van der Waals surface area contributed by atoms with E-state index in [1.165, 1.54) is 11.3 Å². The summed E-state index contributed by atoms with van der Waals surface area (Å²) in [6, 6.07) is 9.23. The van der Waals surface area contributed by atoms with Gasteiger partial charge in [0.25, 0.3) is 0 Å². The average molecular weight is 396 g/mol. The van der Waals surface area contributed by atoms with Crippen LogP contribution in [0, 0.1) is 13.8 Å². The van der Waals surface area contributed by atoms with Gasteiger partial charge in [-0.2, -0.15) is 0 Å². The summed E-state index contributed by atoms with van der Waals surface area (Å²) in [5, 5.41) is 12.0. The van der Waals surface area contributed by atoms with Gasteiger partial charge in [-0.1, -0.05) is 0 Å². The summed E-state index contributed by atoms with van der Waals surface area (Å²) in [6.07, 6.45) is 0. The molecule has 28 heavy (non-hydrogen) atoms. The molecule has 0 spiro atoms. The van der Waals surface area contributed by atoms with E-state index >= 15 is 0 Å². The number of aryl methyl sites for hydroxylation is 1. The maximum atomic E-state index is 12.7. The normalized spacial score (nSPS) is 11.3. The number of ether oxygens (including phenoxy) is 2. The number of nitrogens with zero attached hydrogens (tertiary/aromatic N) is 2. The molecule has 4 rings (SSSR count). The summed E-state index contributed by atoms with van der Waals surface area (Å²) in [5.41, 5.74) is 3.46. The zero-order valence-electron chi connectivity index (χ0n) is 16.1. The average Bonchev–Trinajstić information content (AvgIpc) is 3.19. The Hall–Kier alpha value is -3.06. The first-order chi connectivity index (χ1) is 13.5. The number of fused-ring (bicyclic) bond motifs is 3. The first-order valence-electron chi connectivity index (χ1n) is 8.92. The minimum Gasteiger partial charge on any atom is -0.506 e. The number of aromatic nitrogens is 2. The quantitative estimate of drug-likeness (QED) is 0.504. The van der Waals surface area contributed by atoms with Crippen molar-refractivity contribution < 1.29 is 19.4 Å². The lowest BCUT2D eigenvalue weighted by Gasteiger charge is -2.10. The zero-order chi connectivity index (χ0) is 20.0. The molecule has 0 bridgehead atoms. The Labute approximate surface area is 166 Å². The molecular formula is C21H20N2O4S. The van der Waals surface area contributed by atoms with E-state index in [1.807, 2.05) is 42.7 Å². The third-order valence-electron chi connectivity index (χ3n) is 4.73. The van der Waals surface area contributed by atoms with Gasteiger partial charge in [0.2, 0.25) is 0 Å². The third-order valence-corrected chi connectivity index (χ3v) is 5.71. The second-order valence-corrected chi connectivity index (χ2v) is 7.62. The molecule has 0 unspecified atom stereocenters. The van der Waals surface area contributed by atoms with Crippen LogP contribution in [-0.2, 0) is 4.74 Å². The van der Waals surface area contributed by atoms with Crippen molar-refractivity contribution in [2.24, 2.45) is 0 Å². The number of carbonyl (C=O) groups excluding carboxylic acids is 1. The van der Waals surface area contributed by atoms with Crippen LogP contribution in [0.1, 0.15) is 28.0 Å². The molecule has 0 aliphatic carbocycles. The highest BCUT2D eigenvalue weighted by atomic mass is 32.1. The third kappa shape index (κ3) is 2.70. The van der Waals surface area contributed by atoms with Crippen molar-refractivity contribution in [2.75, 3.05) is 13.7 Å². The van der Waals surface area contributed by atoms with Crippen LogP contribution in [0.15, 0.2) is 30.3 Å². The van der Waals surface area contributed by atoms with Crippen LogP contribution in [0.25, 0.3) is 26.8 Å². The molecule has 2 heterocycles. The second kappa shape index (κ2) is 6.83. The van der Waals surface area contributed by atoms with E-state index in [1.54, 1.807) is 20.1 Å². The Morgan fingerprint density at radius 2 is 1.96 bits per heavy atom. The molecule has 7 heteroatoms. The number of hydrogen-bond donors (Lipinski definition) is 1. The van der Waals surface area contributed by atoms with Crippen molar-refractivity contribution in [3.05, 3.63) is 46.6 Å². The van der Waals surface area contributed by atoms with Gasteiger partial charge in [-0.25, -0.2) is 9.78 Å². The summed E-state index contributed by atoms with van der Waals surface area (Å²) in [6.45, 7) is 5.84. The fourth-order valence-corrected chi connectivity index (χ4v) is 4.54. The van der Waals surface area contributed by atoms with E-state index in [0.717, 1.165) is 32.4 Å². The van der Waals surface area contributed by atoms with E-state index in [0.29, 0.717) is 16.5 Å².